The quantitative estimate of drug-likeness (QED) is 0.720. The molecule has 1 unspecified atom stereocenters. The number of nitrogens with two attached hydrogens (primary N) is 1. The molecule has 0 aliphatic carbocycles. The molecule has 1 amide bonds. The second-order valence-electron chi connectivity index (χ2n) is 6.46. The molecule has 1 atom stereocenters. The lowest BCUT2D eigenvalue weighted by Gasteiger charge is -2.35. The summed E-state index contributed by atoms with van der Waals surface area (Å²) in [6, 6.07) is 0.706. The van der Waals surface area contributed by atoms with Gasteiger partial charge in [0.25, 0.3) is 0 Å². The van der Waals surface area contributed by atoms with Gasteiger partial charge in [-0.2, -0.15) is 0 Å². The van der Waals surface area contributed by atoms with Gasteiger partial charge in [-0.1, -0.05) is 13.3 Å². The van der Waals surface area contributed by atoms with Crippen LogP contribution in [0.4, 0.5) is 0 Å². The smallest absolute Gasteiger partial charge is 0.239 e. The number of hydrogen-bond acceptors (Lipinski definition) is 4. The van der Waals surface area contributed by atoms with Crippen LogP contribution in [-0.4, -0.2) is 67.6 Å². The number of nitrogens with one attached hydrogen (secondary N) is 1. The topological polar surface area (TPSA) is 61.6 Å². The molecule has 0 radical (unpaired) electrons. The lowest BCUT2D eigenvalue weighted by atomic mass is 9.96. The van der Waals surface area contributed by atoms with Crippen LogP contribution in [0, 0.1) is 0 Å². The Bertz CT molecular complexity index is 296. The monoisotopic (exact) mass is 284 g/mol. The van der Waals surface area contributed by atoms with Gasteiger partial charge in [0.2, 0.25) is 5.91 Å². The SMILES string of the molecule is CCCC(C)(N)C(=O)NCCN1CCC(N(C)C)CC1. The van der Waals surface area contributed by atoms with Crippen molar-refractivity contribution in [2.75, 3.05) is 40.3 Å². The van der Waals surface area contributed by atoms with Gasteiger partial charge in [-0.15, -0.1) is 0 Å². The second-order valence-corrected chi connectivity index (χ2v) is 6.46. The Kier molecular flexibility index (Phi) is 6.92. The third-order valence-corrected chi connectivity index (χ3v) is 4.29. The van der Waals surface area contributed by atoms with Crippen molar-refractivity contribution in [3.8, 4) is 0 Å². The highest BCUT2D eigenvalue weighted by atomic mass is 16.2. The van der Waals surface area contributed by atoms with Crippen LogP contribution in [0.25, 0.3) is 0 Å². The molecular weight excluding hydrogens is 252 g/mol. The molecule has 0 spiro atoms. The number of amides is 1. The molecule has 1 fully saturated rings. The maximum absolute atomic E-state index is 12.0. The van der Waals surface area contributed by atoms with E-state index in [0.717, 1.165) is 32.5 Å². The van der Waals surface area contributed by atoms with Gasteiger partial charge in [0.05, 0.1) is 5.54 Å². The zero-order valence-electron chi connectivity index (χ0n) is 13.6. The summed E-state index contributed by atoms with van der Waals surface area (Å²) in [4.78, 5) is 16.7. The summed E-state index contributed by atoms with van der Waals surface area (Å²) in [6.07, 6.45) is 4.09. The molecule has 3 N–H and O–H groups in total. The van der Waals surface area contributed by atoms with Crippen LogP contribution in [0.1, 0.15) is 39.5 Å². The molecule has 118 valence electrons. The van der Waals surface area contributed by atoms with Crippen molar-refractivity contribution >= 4 is 5.91 Å². The minimum atomic E-state index is -0.729. The third-order valence-electron chi connectivity index (χ3n) is 4.29. The molecule has 0 bridgehead atoms. The van der Waals surface area contributed by atoms with E-state index in [9.17, 15) is 4.79 Å². The summed E-state index contributed by atoms with van der Waals surface area (Å²) >= 11 is 0. The van der Waals surface area contributed by atoms with Crippen molar-refractivity contribution in [2.24, 2.45) is 5.73 Å². The highest BCUT2D eigenvalue weighted by Gasteiger charge is 2.27. The lowest BCUT2D eigenvalue weighted by Crippen LogP contribution is -2.53. The van der Waals surface area contributed by atoms with Crippen LogP contribution in [0.15, 0.2) is 0 Å². The summed E-state index contributed by atoms with van der Waals surface area (Å²) < 4.78 is 0. The fourth-order valence-electron chi connectivity index (χ4n) is 2.82. The number of piperidine rings is 1. The lowest BCUT2D eigenvalue weighted by molar-refractivity contribution is -0.126. The number of likely N-dealkylation sites (tertiary alicyclic amines) is 1. The summed E-state index contributed by atoms with van der Waals surface area (Å²) in [5.41, 5.74) is 5.28. The zero-order chi connectivity index (χ0) is 15.2. The Morgan fingerprint density at radius 1 is 1.40 bits per heavy atom. The average molecular weight is 284 g/mol. The first-order chi connectivity index (χ1) is 9.36. The fraction of sp³-hybridized carbons (Fsp3) is 0.933. The van der Waals surface area contributed by atoms with E-state index in [1.54, 1.807) is 0 Å². The minimum absolute atomic E-state index is 0.0254. The van der Waals surface area contributed by atoms with E-state index in [2.05, 4.69) is 29.2 Å². The first kappa shape index (κ1) is 17.4. The molecular formula is C15H32N4O. The number of nitrogens with zero attached hydrogens (tertiary/aromatic N) is 2. The molecule has 20 heavy (non-hydrogen) atoms. The number of hydrogen-bond donors (Lipinski definition) is 2. The molecule has 1 aliphatic heterocycles. The first-order valence-corrected chi connectivity index (χ1v) is 7.82. The standard InChI is InChI=1S/C15H32N4O/c1-5-8-15(2,16)14(20)17-9-12-19-10-6-13(7-11-19)18(3)4/h13H,5-12,16H2,1-4H3,(H,17,20). The number of rotatable bonds is 7. The third kappa shape index (κ3) is 5.38. The van der Waals surface area contributed by atoms with Crippen LogP contribution >= 0.6 is 0 Å². The van der Waals surface area contributed by atoms with Gasteiger partial charge in [0.15, 0.2) is 0 Å². The maximum Gasteiger partial charge on any atom is 0.239 e. The van der Waals surface area contributed by atoms with Crippen molar-refractivity contribution in [3.63, 3.8) is 0 Å². The largest absolute Gasteiger partial charge is 0.353 e. The van der Waals surface area contributed by atoms with Crippen molar-refractivity contribution in [2.45, 2.75) is 51.1 Å². The molecule has 0 aromatic rings. The van der Waals surface area contributed by atoms with E-state index in [4.69, 9.17) is 5.73 Å². The molecule has 1 rings (SSSR count). The molecule has 5 heteroatoms. The summed E-state index contributed by atoms with van der Waals surface area (Å²) in [5.74, 6) is -0.0254. The second kappa shape index (κ2) is 7.96. The Morgan fingerprint density at radius 3 is 2.50 bits per heavy atom. The van der Waals surface area contributed by atoms with Gasteiger partial charge < -0.3 is 20.9 Å². The Balaban J connectivity index is 2.21. The summed E-state index contributed by atoms with van der Waals surface area (Å²) in [6.45, 7) is 7.72. The normalized spacial score (nSPS) is 20.9. The van der Waals surface area contributed by atoms with E-state index in [0.29, 0.717) is 12.6 Å². The maximum atomic E-state index is 12.0. The van der Waals surface area contributed by atoms with Crippen LogP contribution < -0.4 is 11.1 Å². The fourth-order valence-corrected chi connectivity index (χ4v) is 2.82. The molecule has 5 nitrogen and oxygen atoms in total. The van der Waals surface area contributed by atoms with Crippen LogP contribution in [0.3, 0.4) is 0 Å². The number of carbonyl (C=O) groups is 1. The highest BCUT2D eigenvalue weighted by Crippen LogP contribution is 2.13. The van der Waals surface area contributed by atoms with E-state index in [-0.39, 0.29) is 5.91 Å². The molecule has 0 aromatic heterocycles. The van der Waals surface area contributed by atoms with Crippen molar-refractivity contribution in [1.29, 1.82) is 0 Å². The molecule has 0 saturated carbocycles. The van der Waals surface area contributed by atoms with Crippen molar-refractivity contribution in [3.05, 3.63) is 0 Å². The van der Waals surface area contributed by atoms with Crippen LogP contribution in [0.5, 0.6) is 0 Å². The first-order valence-electron chi connectivity index (χ1n) is 7.82. The molecule has 1 saturated heterocycles. The summed E-state index contributed by atoms with van der Waals surface area (Å²) in [7, 11) is 4.30. The zero-order valence-corrected chi connectivity index (χ0v) is 13.6. The van der Waals surface area contributed by atoms with E-state index in [1.807, 2.05) is 13.8 Å². The Morgan fingerprint density at radius 2 is 2.00 bits per heavy atom. The van der Waals surface area contributed by atoms with Gasteiger partial charge in [-0.05, 0) is 53.4 Å². The minimum Gasteiger partial charge on any atom is -0.353 e. The van der Waals surface area contributed by atoms with E-state index in [1.165, 1.54) is 12.8 Å². The molecule has 0 aromatic carbocycles. The van der Waals surface area contributed by atoms with Gasteiger partial charge in [-0.25, -0.2) is 0 Å². The van der Waals surface area contributed by atoms with Gasteiger partial charge in [0.1, 0.15) is 0 Å². The van der Waals surface area contributed by atoms with Crippen molar-refractivity contribution in [1.82, 2.24) is 15.1 Å². The van der Waals surface area contributed by atoms with E-state index < -0.39 is 5.54 Å². The predicted octanol–water partition coefficient (Wildman–Crippen LogP) is 0.646. The van der Waals surface area contributed by atoms with Crippen LogP contribution in [0.2, 0.25) is 0 Å². The highest BCUT2D eigenvalue weighted by molar-refractivity contribution is 5.85. The van der Waals surface area contributed by atoms with Crippen molar-refractivity contribution < 1.29 is 4.79 Å². The Hall–Kier alpha value is -0.650. The average Bonchev–Trinajstić information content (AvgIpc) is 2.39. The van der Waals surface area contributed by atoms with Gasteiger partial charge >= 0.3 is 0 Å². The molecule has 1 aliphatic rings. The summed E-state index contributed by atoms with van der Waals surface area (Å²) in [5, 5.41) is 2.97. The van der Waals surface area contributed by atoms with Gasteiger partial charge in [0, 0.05) is 19.1 Å². The molecule has 1 heterocycles. The van der Waals surface area contributed by atoms with Crippen LogP contribution in [-0.2, 0) is 4.79 Å². The Labute approximate surface area is 123 Å². The van der Waals surface area contributed by atoms with E-state index >= 15 is 0 Å². The predicted molar refractivity (Wildman–Crippen MR) is 83.7 cm³/mol. The van der Waals surface area contributed by atoms with Gasteiger partial charge in [-0.3, -0.25) is 4.79 Å². The number of carbonyl (C=O) groups excluding carboxylic acids is 1.